The Balaban J connectivity index is 1.96. The van der Waals surface area contributed by atoms with Gasteiger partial charge in [0, 0.05) is 12.1 Å². The molecule has 4 aromatic rings. The molecule has 6 nitrogen and oxygen atoms in total. The fourth-order valence-electron chi connectivity index (χ4n) is 2.58. The third-order valence-corrected chi connectivity index (χ3v) is 4.12. The highest BCUT2D eigenvalue weighted by atomic mass is 35.5. The second-order valence-corrected chi connectivity index (χ2v) is 6.15. The average molecular weight is 389 g/mol. The van der Waals surface area contributed by atoms with Gasteiger partial charge in [-0.25, -0.2) is 18.3 Å². The maximum Gasteiger partial charge on any atom is 0.311 e. The Bertz CT molecular complexity index is 1220. The summed E-state index contributed by atoms with van der Waals surface area (Å²) in [5.41, 5.74) is 0.135. The predicted octanol–water partition coefficient (Wildman–Crippen LogP) is 3.84. The lowest BCUT2D eigenvalue weighted by Crippen LogP contribution is -2.22. The van der Waals surface area contributed by atoms with Gasteiger partial charge in [0.05, 0.1) is 12.0 Å². The molecule has 0 saturated heterocycles. The second-order valence-electron chi connectivity index (χ2n) is 5.72. The van der Waals surface area contributed by atoms with Gasteiger partial charge in [0.1, 0.15) is 5.82 Å². The van der Waals surface area contributed by atoms with Crippen molar-refractivity contribution in [2.24, 2.45) is 7.05 Å². The van der Waals surface area contributed by atoms with Crippen LogP contribution in [0.25, 0.3) is 16.9 Å². The van der Waals surface area contributed by atoms with Crippen LogP contribution in [0.1, 0.15) is 0 Å². The van der Waals surface area contributed by atoms with Gasteiger partial charge in [-0.1, -0.05) is 11.6 Å². The third kappa shape index (κ3) is 3.04. The summed E-state index contributed by atoms with van der Waals surface area (Å²) in [6.07, 6.45) is 1.43. The number of aromatic nitrogens is 4. The Labute approximate surface area is 156 Å². The van der Waals surface area contributed by atoms with E-state index in [9.17, 15) is 13.6 Å². The highest BCUT2D eigenvalue weighted by molar-refractivity contribution is 6.30. The molecule has 9 heteroatoms. The number of hydrogen-bond donors (Lipinski definition) is 0. The SMILES string of the molecule is Cn1cnc2c(=O)n(-c3ccc(F)cc3)c(Oc3ccc(Cl)cc3F)nc21. The predicted molar refractivity (Wildman–Crippen MR) is 95.5 cm³/mol. The van der Waals surface area contributed by atoms with Crippen LogP contribution in [0.5, 0.6) is 11.8 Å². The molecule has 0 aliphatic rings. The van der Waals surface area contributed by atoms with Crippen molar-refractivity contribution in [2.75, 3.05) is 0 Å². The van der Waals surface area contributed by atoms with E-state index in [-0.39, 0.29) is 27.9 Å². The van der Waals surface area contributed by atoms with Crippen LogP contribution >= 0.6 is 11.6 Å². The number of fused-ring (bicyclic) bond motifs is 1. The minimum atomic E-state index is -0.715. The van der Waals surface area contributed by atoms with Crippen molar-refractivity contribution in [3.63, 3.8) is 0 Å². The lowest BCUT2D eigenvalue weighted by molar-refractivity contribution is 0.399. The average Bonchev–Trinajstić information content (AvgIpc) is 3.00. The van der Waals surface area contributed by atoms with Gasteiger partial charge in [-0.2, -0.15) is 4.98 Å². The van der Waals surface area contributed by atoms with Crippen molar-refractivity contribution in [2.45, 2.75) is 0 Å². The summed E-state index contributed by atoms with van der Waals surface area (Å²) in [6.45, 7) is 0. The van der Waals surface area contributed by atoms with E-state index in [1.165, 1.54) is 47.3 Å². The molecule has 0 N–H and O–H groups in total. The zero-order chi connectivity index (χ0) is 19.1. The van der Waals surface area contributed by atoms with E-state index in [1.807, 2.05) is 0 Å². The van der Waals surface area contributed by atoms with E-state index >= 15 is 0 Å². The van der Waals surface area contributed by atoms with Crippen LogP contribution < -0.4 is 10.3 Å². The molecule has 0 amide bonds. The number of ether oxygens (including phenoxy) is 1. The van der Waals surface area contributed by atoms with Gasteiger partial charge in [-0.05, 0) is 42.5 Å². The number of aryl methyl sites for hydroxylation is 1. The molecule has 27 heavy (non-hydrogen) atoms. The Kier molecular flexibility index (Phi) is 4.12. The van der Waals surface area contributed by atoms with E-state index in [0.29, 0.717) is 5.69 Å². The maximum absolute atomic E-state index is 14.2. The van der Waals surface area contributed by atoms with Crippen molar-refractivity contribution in [3.05, 3.63) is 75.8 Å². The molecule has 0 unspecified atom stereocenters. The van der Waals surface area contributed by atoms with Gasteiger partial charge in [0.25, 0.3) is 5.56 Å². The zero-order valence-corrected chi connectivity index (χ0v) is 14.6. The molecule has 0 bridgehead atoms. The zero-order valence-electron chi connectivity index (χ0n) is 13.9. The largest absolute Gasteiger partial charge is 0.422 e. The number of benzene rings is 2. The van der Waals surface area contributed by atoms with E-state index in [4.69, 9.17) is 16.3 Å². The molecule has 2 heterocycles. The minimum Gasteiger partial charge on any atom is -0.422 e. The van der Waals surface area contributed by atoms with Crippen molar-refractivity contribution in [1.82, 2.24) is 19.1 Å². The molecule has 0 aliphatic heterocycles. The lowest BCUT2D eigenvalue weighted by Gasteiger charge is -2.13. The summed E-state index contributed by atoms with van der Waals surface area (Å²) >= 11 is 5.76. The van der Waals surface area contributed by atoms with E-state index in [1.54, 1.807) is 7.05 Å². The van der Waals surface area contributed by atoms with Crippen LogP contribution in [0, 0.1) is 11.6 Å². The summed E-state index contributed by atoms with van der Waals surface area (Å²) in [7, 11) is 1.66. The van der Waals surface area contributed by atoms with Crippen LogP contribution in [-0.4, -0.2) is 19.1 Å². The molecule has 4 rings (SSSR count). The summed E-state index contributed by atoms with van der Waals surface area (Å²) in [6, 6.07) is 8.82. The minimum absolute atomic E-state index is 0.103. The highest BCUT2D eigenvalue weighted by Crippen LogP contribution is 2.27. The van der Waals surface area contributed by atoms with Gasteiger partial charge in [-0.15, -0.1) is 0 Å². The Hall–Kier alpha value is -3.26. The molecule has 2 aromatic carbocycles. The van der Waals surface area contributed by atoms with Gasteiger partial charge in [0.15, 0.2) is 22.7 Å². The first-order chi connectivity index (χ1) is 12.9. The van der Waals surface area contributed by atoms with Gasteiger partial charge in [0.2, 0.25) is 0 Å². The Morgan fingerprint density at radius 1 is 1.11 bits per heavy atom. The summed E-state index contributed by atoms with van der Waals surface area (Å²) in [5.74, 6) is -1.35. The summed E-state index contributed by atoms with van der Waals surface area (Å²) in [5, 5.41) is 0.200. The number of nitrogens with zero attached hydrogens (tertiary/aromatic N) is 4. The van der Waals surface area contributed by atoms with Gasteiger partial charge in [-0.3, -0.25) is 4.79 Å². The monoisotopic (exact) mass is 388 g/mol. The third-order valence-electron chi connectivity index (χ3n) is 3.88. The van der Waals surface area contributed by atoms with E-state index < -0.39 is 17.2 Å². The number of halogens is 3. The lowest BCUT2D eigenvalue weighted by atomic mass is 10.3. The van der Waals surface area contributed by atoms with Gasteiger partial charge < -0.3 is 9.30 Å². The summed E-state index contributed by atoms with van der Waals surface area (Å²) in [4.78, 5) is 21.3. The van der Waals surface area contributed by atoms with Crippen molar-refractivity contribution in [1.29, 1.82) is 0 Å². The first-order valence-corrected chi connectivity index (χ1v) is 8.15. The molecule has 0 atom stereocenters. The van der Waals surface area contributed by atoms with Crippen LogP contribution in [0.2, 0.25) is 5.02 Å². The molecule has 0 fully saturated rings. The van der Waals surface area contributed by atoms with Crippen molar-refractivity contribution in [3.8, 4) is 17.4 Å². The van der Waals surface area contributed by atoms with Gasteiger partial charge >= 0.3 is 6.01 Å². The van der Waals surface area contributed by atoms with Crippen LogP contribution in [0.3, 0.4) is 0 Å². The standard InChI is InChI=1S/C18H11ClF2N4O2/c1-24-9-22-15-16(24)23-18(27-14-7-2-10(19)8-13(14)21)25(17(15)26)12-5-3-11(20)4-6-12/h2-9H,1H3. The fourth-order valence-corrected chi connectivity index (χ4v) is 2.74. The van der Waals surface area contributed by atoms with Crippen molar-refractivity contribution >= 4 is 22.8 Å². The van der Waals surface area contributed by atoms with Crippen LogP contribution in [0.4, 0.5) is 8.78 Å². The fraction of sp³-hybridized carbons (Fsp3) is 0.0556. The number of imidazole rings is 1. The molecule has 2 aromatic heterocycles. The summed E-state index contributed by atoms with van der Waals surface area (Å²) < 4.78 is 35.7. The topological polar surface area (TPSA) is 61.9 Å². The molecule has 136 valence electrons. The maximum atomic E-state index is 14.2. The van der Waals surface area contributed by atoms with E-state index in [2.05, 4.69) is 9.97 Å². The van der Waals surface area contributed by atoms with Crippen LogP contribution in [-0.2, 0) is 7.05 Å². The second kappa shape index (κ2) is 6.48. The molecular weight excluding hydrogens is 378 g/mol. The molecule has 0 saturated carbocycles. The molecule has 0 spiro atoms. The van der Waals surface area contributed by atoms with Crippen molar-refractivity contribution < 1.29 is 13.5 Å². The first kappa shape index (κ1) is 17.2. The Morgan fingerprint density at radius 3 is 2.56 bits per heavy atom. The quantitative estimate of drug-likeness (QED) is 0.535. The molecule has 0 aliphatic carbocycles. The normalized spacial score (nSPS) is 11.1. The first-order valence-electron chi connectivity index (χ1n) is 7.77. The smallest absolute Gasteiger partial charge is 0.311 e. The molecule has 0 radical (unpaired) electrons. The Morgan fingerprint density at radius 2 is 1.85 bits per heavy atom. The number of hydrogen-bond acceptors (Lipinski definition) is 4. The van der Waals surface area contributed by atoms with Crippen LogP contribution in [0.15, 0.2) is 53.6 Å². The van der Waals surface area contributed by atoms with E-state index in [0.717, 1.165) is 10.6 Å². The molecular formula is C18H11ClF2N4O2. The highest BCUT2D eigenvalue weighted by Gasteiger charge is 2.19. The number of rotatable bonds is 3.